The summed E-state index contributed by atoms with van der Waals surface area (Å²) >= 11 is 11.7. The number of rotatable bonds is 3. The van der Waals surface area contributed by atoms with Gasteiger partial charge in [-0.3, -0.25) is 14.5 Å². The molecule has 1 saturated heterocycles. The number of hydrogen-bond acceptors (Lipinski definition) is 3. The van der Waals surface area contributed by atoms with Gasteiger partial charge in [0.1, 0.15) is 0 Å². The molecule has 0 saturated carbocycles. The van der Waals surface area contributed by atoms with Crippen molar-refractivity contribution in [3.8, 4) is 0 Å². The summed E-state index contributed by atoms with van der Waals surface area (Å²) in [4.78, 5) is 25.0. The van der Waals surface area contributed by atoms with Gasteiger partial charge in [-0.15, -0.1) is 0 Å². The van der Waals surface area contributed by atoms with Crippen LogP contribution < -0.4 is 4.90 Å². The average molecular weight is 288 g/mol. The Morgan fingerprint density at radius 2 is 1.89 bits per heavy atom. The topological polar surface area (TPSA) is 46.6 Å². The Morgan fingerprint density at radius 3 is 2.44 bits per heavy atom. The summed E-state index contributed by atoms with van der Waals surface area (Å²) in [5.41, 5.74) is 0.404. The van der Waals surface area contributed by atoms with Crippen molar-refractivity contribution in [1.82, 2.24) is 0 Å². The Morgan fingerprint density at radius 1 is 1.28 bits per heavy atom. The van der Waals surface area contributed by atoms with Gasteiger partial charge in [0.2, 0.25) is 11.8 Å². The summed E-state index contributed by atoms with van der Waals surface area (Å²) in [7, 11) is 1.50. The second-order valence-corrected chi connectivity index (χ2v) is 4.92. The molecule has 1 aliphatic heterocycles. The van der Waals surface area contributed by atoms with Gasteiger partial charge in [0, 0.05) is 23.6 Å². The number of hydrogen-bond donors (Lipinski definition) is 0. The number of halogens is 2. The minimum Gasteiger partial charge on any atom is -0.384 e. The number of benzene rings is 1. The number of anilines is 1. The molecule has 96 valence electrons. The number of carbonyl (C=O) groups excluding carboxylic acids is 2. The fourth-order valence-electron chi connectivity index (χ4n) is 1.97. The van der Waals surface area contributed by atoms with Crippen molar-refractivity contribution >= 4 is 40.7 Å². The maximum Gasteiger partial charge on any atom is 0.239 e. The van der Waals surface area contributed by atoms with E-state index < -0.39 is 5.92 Å². The highest BCUT2D eigenvalue weighted by atomic mass is 35.5. The largest absolute Gasteiger partial charge is 0.384 e. The molecule has 1 heterocycles. The molecule has 0 aliphatic carbocycles. The zero-order chi connectivity index (χ0) is 13.3. The lowest BCUT2D eigenvalue weighted by Gasteiger charge is -2.15. The van der Waals surface area contributed by atoms with Crippen LogP contribution >= 0.6 is 23.2 Å². The third-order valence-electron chi connectivity index (χ3n) is 2.71. The Bertz CT molecular complexity index is 484. The number of carbonyl (C=O) groups is 2. The molecule has 0 radical (unpaired) electrons. The van der Waals surface area contributed by atoms with Gasteiger partial charge >= 0.3 is 0 Å². The Labute approximate surface area is 114 Å². The molecule has 0 N–H and O–H groups in total. The molecule has 1 aromatic carbocycles. The summed E-state index contributed by atoms with van der Waals surface area (Å²) in [6.45, 7) is 0.232. The molecule has 0 aromatic heterocycles. The van der Waals surface area contributed by atoms with Crippen molar-refractivity contribution in [3.63, 3.8) is 0 Å². The van der Waals surface area contributed by atoms with Crippen molar-refractivity contribution in [2.45, 2.75) is 6.42 Å². The van der Waals surface area contributed by atoms with Crippen molar-refractivity contribution in [3.05, 3.63) is 28.2 Å². The van der Waals surface area contributed by atoms with Crippen LogP contribution in [0.25, 0.3) is 0 Å². The number of imide groups is 1. The van der Waals surface area contributed by atoms with E-state index >= 15 is 0 Å². The SMILES string of the molecule is COC[C@H]1CC(=O)N(c2cc(Cl)cc(Cl)c2)C1=O. The van der Waals surface area contributed by atoms with Gasteiger partial charge in [0.25, 0.3) is 0 Å². The van der Waals surface area contributed by atoms with Crippen LogP contribution in [0.2, 0.25) is 10.0 Å². The van der Waals surface area contributed by atoms with Gasteiger partial charge in [-0.25, -0.2) is 0 Å². The quantitative estimate of drug-likeness (QED) is 0.803. The molecular weight excluding hydrogens is 277 g/mol. The van der Waals surface area contributed by atoms with Gasteiger partial charge in [-0.05, 0) is 18.2 Å². The lowest BCUT2D eigenvalue weighted by Crippen LogP contribution is -2.31. The van der Waals surface area contributed by atoms with E-state index in [9.17, 15) is 9.59 Å². The second-order valence-electron chi connectivity index (χ2n) is 4.05. The van der Waals surface area contributed by atoms with E-state index in [1.165, 1.54) is 7.11 Å². The molecule has 1 fully saturated rings. The van der Waals surface area contributed by atoms with Crippen LogP contribution in [0.1, 0.15) is 6.42 Å². The van der Waals surface area contributed by atoms with E-state index in [2.05, 4.69) is 0 Å². The lowest BCUT2D eigenvalue weighted by atomic mass is 10.1. The summed E-state index contributed by atoms with van der Waals surface area (Å²) in [5.74, 6) is -0.971. The number of methoxy groups -OCH3 is 1. The van der Waals surface area contributed by atoms with Gasteiger partial charge in [-0.2, -0.15) is 0 Å². The van der Waals surface area contributed by atoms with E-state index in [1.54, 1.807) is 18.2 Å². The number of ether oxygens (including phenoxy) is 1. The zero-order valence-corrected chi connectivity index (χ0v) is 11.2. The van der Waals surface area contributed by atoms with E-state index in [1.807, 2.05) is 0 Å². The first kappa shape index (κ1) is 13.3. The molecule has 6 heteroatoms. The van der Waals surface area contributed by atoms with Crippen molar-refractivity contribution in [1.29, 1.82) is 0 Å². The van der Waals surface area contributed by atoms with Crippen molar-refractivity contribution in [2.75, 3.05) is 18.6 Å². The van der Waals surface area contributed by atoms with Crippen LogP contribution in [0.3, 0.4) is 0 Å². The second kappa shape index (κ2) is 5.26. The molecule has 0 spiro atoms. The van der Waals surface area contributed by atoms with Crippen LogP contribution in [-0.4, -0.2) is 25.5 Å². The van der Waals surface area contributed by atoms with E-state index in [4.69, 9.17) is 27.9 Å². The van der Waals surface area contributed by atoms with Crippen LogP contribution in [-0.2, 0) is 14.3 Å². The van der Waals surface area contributed by atoms with Crippen molar-refractivity contribution in [2.24, 2.45) is 5.92 Å². The Hall–Kier alpha value is -1.10. The molecule has 0 bridgehead atoms. The fourth-order valence-corrected chi connectivity index (χ4v) is 2.48. The van der Waals surface area contributed by atoms with Gasteiger partial charge < -0.3 is 4.74 Å². The van der Waals surface area contributed by atoms with E-state index in [0.29, 0.717) is 15.7 Å². The summed E-state index contributed by atoms with van der Waals surface area (Å²) in [5, 5.41) is 0.765. The van der Waals surface area contributed by atoms with Crippen LogP contribution in [0.4, 0.5) is 5.69 Å². The molecule has 1 aliphatic rings. The first-order valence-corrected chi connectivity index (χ1v) is 6.10. The summed E-state index contributed by atoms with van der Waals surface area (Å²) in [6, 6.07) is 4.63. The summed E-state index contributed by atoms with van der Waals surface area (Å²) in [6.07, 6.45) is 0.150. The molecular formula is C12H11Cl2NO3. The van der Waals surface area contributed by atoms with E-state index in [0.717, 1.165) is 4.90 Å². The predicted octanol–water partition coefficient (Wildman–Crippen LogP) is 2.52. The molecule has 1 atom stereocenters. The highest BCUT2D eigenvalue weighted by Gasteiger charge is 2.39. The first-order chi connectivity index (χ1) is 8.52. The smallest absolute Gasteiger partial charge is 0.239 e. The van der Waals surface area contributed by atoms with Crippen LogP contribution in [0.15, 0.2) is 18.2 Å². The molecule has 0 unspecified atom stereocenters. The fraction of sp³-hybridized carbons (Fsp3) is 0.333. The monoisotopic (exact) mass is 287 g/mol. The third kappa shape index (κ3) is 2.51. The minimum absolute atomic E-state index is 0.150. The van der Waals surface area contributed by atoms with Gasteiger partial charge in [0.15, 0.2) is 0 Å². The molecule has 18 heavy (non-hydrogen) atoms. The molecule has 2 amide bonds. The molecule has 2 rings (SSSR count). The van der Waals surface area contributed by atoms with Gasteiger partial charge in [-0.1, -0.05) is 23.2 Å². The summed E-state index contributed by atoms with van der Waals surface area (Å²) < 4.78 is 4.92. The number of amides is 2. The van der Waals surface area contributed by atoms with Crippen LogP contribution in [0, 0.1) is 5.92 Å². The minimum atomic E-state index is -0.430. The Kier molecular flexibility index (Phi) is 3.90. The van der Waals surface area contributed by atoms with Gasteiger partial charge in [0.05, 0.1) is 18.2 Å². The maximum atomic E-state index is 12.1. The normalized spacial score (nSPS) is 19.7. The predicted molar refractivity (Wildman–Crippen MR) is 68.9 cm³/mol. The number of nitrogens with zero attached hydrogens (tertiary/aromatic N) is 1. The standard InChI is InChI=1S/C12H11Cl2NO3/c1-18-6-7-2-11(16)15(12(7)17)10-4-8(13)3-9(14)5-10/h3-5,7H,2,6H2,1H3/t7-/m1/s1. The van der Waals surface area contributed by atoms with Crippen molar-refractivity contribution < 1.29 is 14.3 Å². The molecule has 1 aromatic rings. The first-order valence-electron chi connectivity index (χ1n) is 5.34. The highest BCUT2D eigenvalue weighted by Crippen LogP contribution is 2.31. The average Bonchev–Trinajstić information content (AvgIpc) is 2.53. The third-order valence-corrected chi connectivity index (χ3v) is 3.15. The zero-order valence-electron chi connectivity index (χ0n) is 9.65. The maximum absolute atomic E-state index is 12.1. The Balaban J connectivity index is 2.32. The molecule has 4 nitrogen and oxygen atoms in total. The van der Waals surface area contributed by atoms with Crippen LogP contribution in [0.5, 0.6) is 0 Å². The highest BCUT2D eigenvalue weighted by molar-refractivity contribution is 6.35. The van der Waals surface area contributed by atoms with E-state index in [-0.39, 0.29) is 24.8 Å². The lowest BCUT2D eigenvalue weighted by molar-refractivity contribution is -0.122.